The van der Waals surface area contributed by atoms with Gasteiger partial charge in [-0.2, -0.15) is 5.06 Å². The summed E-state index contributed by atoms with van der Waals surface area (Å²) in [6.45, 7) is 3.41. The van der Waals surface area contributed by atoms with Gasteiger partial charge in [-0.15, -0.1) is 5.10 Å². The van der Waals surface area contributed by atoms with Gasteiger partial charge < -0.3 is 15.1 Å². The van der Waals surface area contributed by atoms with E-state index in [1.165, 1.54) is 5.06 Å². The average Bonchev–Trinajstić information content (AvgIpc) is 3.30. The van der Waals surface area contributed by atoms with Gasteiger partial charge >= 0.3 is 0 Å². The van der Waals surface area contributed by atoms with Crippen molar-refractivity contribution in [2.75, 3.05) is 13.2 Å². The van der Waals surface area contributed by atoms with Crippen LogP contribution < -0.4 is 0 Å². The van der Waals surface area contributed by atoms with Gasteiger partial charge in [-0.1, -0.05) is 72.8 Å². The molecule has 1 saturated heterocycles. The summed E-state index contributed by atoms with van der Waals surface area (Å²) in [4.78, 5) is 0. The first-order chi connectivity index (χ1) is 14.0. The molecule has 4 rings (SSSR count). The fourth-order valence-corrected chi connectivity index (χ4v) is 3.79. The molecule has 3 atom stereocenters. The second-order valence-corrected chi connectivity index (χ2v) is 7.95. The van der Waals surface area contributed by atoms with Crippen molar-refractivity contribution in [2.45, 2.75) is 32.2 Å². The summed E-state index contributed by atoms with van der Waals surface area (Å²) in [5.41, 5.74) is 2.22. The van der Waals surface area contributed by atoms with Crippen LogP contribution in [0.15, 0.2) is 66.9 Å². The first kappa shape index (κ1) is 19.7. The second-order valence-electron chi connectivity index (χ2n) is 7.95. The molecule has 1 fully saturated rings. The summed E-state index contributed by atoms with van der Waals surface area (Å²) in [7, 11) is 0. The van der Waals surface area contributed by atoms with E-state index in [0.717, 1.165) is 16.8 Å². The van der Waals surface area contributed by atoms with Crippen molar-refractivity contribution in [3.05, 3.63) is 72.4 Å². The van der Waals surface area contributed by atoms with Gasteiger partial charge in [0.15, 0.2) is 0 Å². The molecule has 2 N–H and O–H groups in total. The lowest BCUT2D eigenvalue weighted by atomic mass is 9.84. The fraction of sp³-hybridized carbons (Fsp3) is 0.364. The molecule has 0 saturated carbocycles. The zero-order valence-electron chi connectivity index (χ0n) is 16.4. The first-order valence-corrected chi connectivity index (χ1v) is 9.76. The molecule has 1 aromatic heterocycles. The van der Waals surface area contributed by atoms with Gasteiger partial charge in [0.25, 0.3) is 0 Å². The summed E-state index contributed by atoms with van der Waals surface area (Å²) in [5, 5.41) is 30.9. The number of rotatable bonds is 7. The predicted octanol–water partition coefficient (Wildman–Crippen LogP) is 2.60. The minimum atomic E-state index is -0.725. The van der Waals surface area contributed by atoms with E-state index >= 15 is 0 Å². The second kappa shape index (κ2) is 8.42. The van der Waals surface area contributed by atoms with Crippen LogP contribution in [-0.4, -0.2) is 55.7 Å². The minimum absolute atomic E-state index is 0.312. The number of ether oxygens (including phenoxy) is 1. The maximum atomic E-state index is 10.9. The van der Waals surface area contributed by atoms with Crippen LogP contribution in [0.3, 0.4) is 0 Å². The van der Waals surface area contributed by atoms with Crippen LogP contribution in [0.2, 0.25) is 0 Å². The van der Waals surface area contributed by atoms with Crippen molar-refractivity contribution in [3.8, 4) is 11.3 Å². The molecule has 152 valence electrons. The maximum Gasteiger partial charge on any atom is 0.113 e. The maximum absolute atomic E-state index is 10.9. The third kappa shape index (κ3) is 4.54. The Morgan fingerprint density at radius 3 is 2.55 bits per heavy atom. The van der Waals surface area contributed by atoms with E-state index < -0.39 is 17.6 Å². The molecule has 0 amide bonds. The third-order valence-corrected chi connectivity index (χ3v) is 5.42. The quantitative estimate of drug-likeness (QED) is 0.600. The normalized spacial score (nSPS) is 24.3. The number of hydroxylamine groups is 2. The molecule has 0 bridgehead atoms. The summed E-state index contributed by atoms with van der Waals surface area (Å²) in [6, 6.07) is 19.6. The number of aliphatic hydroxyl groups is 1. The molecule has 0 spiro atoms. The Labute approximate surface area is 170 Å². The summed E-state index contributed by atoms with van der Waals surface area (Å²) in [5.74, 6) is 0. The Morgan fingerprint density at radius 1 is 1.14 bits per heavy atom. The molecule has 7 heteroatoms. The van der Waals surface area contributed by atoms with Crippen molar-refractivity contribution in [3.63, 3.8) is 0 Å². The molecule has 7 nitrogen and oxygen atoms in total. The van der Waals surface area contributed by atoms with Gasteiger partial charge in [0, 0.05) is 24.1 Å². The molecule has 1 aliphatic rings. The highest BCUT2D eigenvalue weighted by atomic mass is 16.5. The van der Waals surface area contributed by atoms with Gasteiger partial charge in [-0.3, -0.25) is 0 Å². The SMILES string of the molecule is C[C@@]1(CN(O)Cc2ccccc2)CO[C@H](Cn2cc(-c3ccccc3)nn2)[C@H]1O. The molecule has 0 radical (unpaired) electrons. The monoisotopic (exact) mass is 394 g/mol. The Hall–Kier alpha value is -2.58. The van der Waals surface area contributed by atoms with Crippen LogP contribution in [0.25, 0.3) is 11.3 Å². The predicted molar refractivity (Wildman–Crippen MR) is 108 cm³/mol. The van der Waals surface area contributed by atoms with E-state index in [2.05, 4.69) is 10.3 Å². The van der Waals surface area contributed by atoms with Gasteiger partial charge in [-0.05, 0) is 5.56 Å². The number of hydrogen-bond donors (Lipinski definition) is 2. The van der Waals surface area contributed by atoms with Crippen LogP contribution >= 0.6 is 0 Å². The highest BCUT2D eigenvalue weighted by molar-refractivity contribution is 5.57. The highest BCUT2D eigenvalue weighted by Gasteiger charge is 2.46. The molecule has 2 aromatic carbocycles. The molecular formula is C22H26N4O3. The van der Waals surface area contributed by atoms with Crippen molar-refractivity contribution >= 4 is 0 Å². The van der Waals surface area contributed by atoms with Crippen LogP contribution in [0.4, 0.5) is 0 Å². The molecular weight excluding hydrogens is 368 g/mol. The van der Waals surface area contributed by atoms with E-state index in [9.17, 15) is 10.3 Å². The van der Waals surface area contributed by atoms with Gasteiger partial charge in [0.2, 0.25) is 0 Å². The third-order valence-electron chi connectivity index (χ3n) is 5.42. The zero-order valence-corrected chi connectivity index (χ0v) is 16.4. The number of hydrogen-bond acceptors (Lipinski definition) is 6. The Bertz CT molecular complexity index is 918. The lowest BCUT2D eigenvalue weighted by molar-refractivity contribution is -0.135. The molecule has 29 heavy (non-hydrogen) atoms. The van der Waals surface area contributed by atoms with Crippen molar-refractivity contribution in [1.29, 1.82) is 0 Å². The minimum Gasteiger partial charge on any atom is -0.390 e. The Morgan fingerprint density at radius 2 is 1.83 bits per heavy atom. The molecule has 0 unspecified atom stereocenters. The number of aliphatic hydroxyl groups excluding tert-OH is 1. The van der Waals surface area contributed by atoms with Crippen LogP contribution in [0, 0.1) is 5.41 Å². The van der Waals surface area contributed by atoms with Crippen molar-refractivity contribution in [2.24, 2.45) is 5.41 Å². The first-order valence-electron chi connectivity index (χ1n) is 9.76. The molecule has 1 aliphatic heterocycles. The van der Waals surface area contributed by atoms with Crippen LogP contribution in [-0.2, 0) is 17.8 Å². The van der Waals surface area contributed by atoms with Crippen molar-refractivity contribution in [1.82, 2.24) is 20.1 Å². The van der Waals surface area contributed by atoms with Gasteiger partial charge in [0.1, 0.15) is 11.8 Å². The van der Waals surface area contributed by atoms with Gasteiger partial charge in [0.05, 0.1) is 25.5 Å². The lowest BCUT2D eigenvalue weighted by Gasteiger charge is -2.31. The zero-order chi connectivity index (χ0) is 20.3. The fourth-order valence-electron chi connectivity index (χ4n) is 3.79. The largest absolute Gasteiger partial charge is 0.390 e. The summed E-state index contributed by atoms with van der Waals surface area (Å²) < 4.78 is 7.57. The number of benzene rings is 2. The van der Waals surface area contributed by atoms with Gasteiger partial charge in [-0.25, -0.2) is 4.68 Å². The van der Waals surface area contributed by atoms with Crippen LogP contribution in [0.5, 0.6) is 0 Å². The van der Waals surface area contributed by atoms with E-state index in [1.807, 2.05) is 73.8 Å². The lowest BCUT2D eigenvalue weighted by Crippen LogP contribution is -2.44. The van der Waals surface area contributed by atoms with E-state index in [4.69, 9.17) is 4.74 Å². The Balaban J connectivity index is 1.37. The van der Waals surface area contributed by atoms with E-state index in [1.54, 1.807) is 4.68 Å². The van der Waals surface area contributed by atoms with E-state index in [0.29, 0.717) is 26.2 Å². The standard InChI is InChI=1S/C22H26N4O3/c1-22(15-26(28)12-17-8-4-2-5-9-17)16-29-20(21(22)27)14-25-13-19(23-24-25)18-10-6-3-7-11-18/h2-11,13,20-21,27-28H,12,14-16H2,1H3/t20-,21-,22-/m1/s1. The molecule has 2 heterocycles. The average molecular weight is 394 g/mol. The highest BCUT2D eigenvalue weighted by Crippen LogP contribution is 2.34. The summed E-state index contributed by atoms with van der Waals surface area (Å²) in [6.07, 6.45) is 0.724. The van der Waals surface area contributed by atoms with E-state index in [-0.39, 0.29) is 0 Å². The molecule has 0 aliphatic carbocycles. The Kier molecular flexibility index (Phi) is 5.73. The van der Waals surface area contributed by atoms with Crippen LogP contribution in [0.1, 0.15) is 12.5 Å². The topological polar surface area (TPSA) is 83.6 Å². The molecule has 3 aromatic rings. The number of nitrogens with zero attached hydrogens (tertiary/aromatic N) is 4. The summed E-state index contributed by atoms with van der Waals surface area (Å²) >= 11 is 0. The smallest absolute Gasteiger partial charge is 0.113 e. The van der Waals surface area contributed by atoms with Crippen molar-refractivity contribution < 1.29 is 15.1 Å². The number of aromatic nitrogens is 3.